The third-order valence-corrected chi connectivity index (χ3v) is 5.18. The van der Waals surface area contributed by atoms with Crippen molar-refractivity contribution < 1.29 is 0 Å². The molecule has 0 aromatic heterocycles. The van der Waals surface area contributed by atoms with Gasteiger partial charge in [0, 0.05) is 25.3 Å². The normalized spacial score (nSPS) is 24.2. The molecule has 2 unspecified atom stereocenters. The molecule has 0 saturated carbocycles. The lowest BCUT2D eigenvalue weighted by molar-refractivity contribution is 0.350. The molecule has 0 amide bonds. The van der Waals surface area contributed by atoms with Gasteiger partial charge in [0.2, 0.25) is 0 Å². The average molecular weight is 316 g/mol. The summed E-state index contributed by atoms with van der Waals surface area (Å²) in [5, 5.41) is 0. The fourth-order valence-corrected chi connectivity index (χ4v) is 3.39. The van der Waals surface area contributed by atoms with E-state index in [1.54, 1.807) is 0 Å². The third-order valence-electron chi connectivity index (χ3n) is 5.18. The monoisotopic (exact) mass is 315 g/mol. The third kappa shape index (κ3) is 4.21. The molecule has 2 aliphatic heterocycles. The van der Waals surface area contributed by atoms with Gasteiger partial charge in [-0.25, -0.2) is 0 Å². The zero-order chi connectivity index (χ0) is 16.8. The molecule has 0 bridgehead atoms. The maximum absolute atomic E-state index is 6.51. The Morgan fingerprint density at radius 1 is 1.39 bits per heavy atom. The minimum atomic E-state index is 0.438. The molecule has 2 N–H and O–H groups in total. The van der Waals surface area contributed by atoms with Gasteiger partial charge in [-0.2, -0.15) is 0 Å². The van der Waals surface area contributed by atoms with Gasteiger partial charge in [-0.15, -0.1) is 0 Å². The van der Waals surface area contributed by atoms with Crippen LogP contribution < -0.4 is 5.73 Å². The molecule has 1 saturated heterocycles. The maximum atomic E-state index is 6.51. The van der Waals surface area contributed by atoms with Crippen LogP contribution in [-0.2, 0) is 0 Å². The maximum Gasteiger partial charge on any atom is 0.0786 e. The highest BCUT2D eigenvalue weighted by Gasteiger charge is 2.25. The molecular formula is C20H33N3. The predicted octanol–water partition coefficient (Wildman–Crippen LogP) is 4.37. The van der Waals surface area contributed by atoms with Crippen LogP contribution in [0, 0.1) is 5.92 Å². The Labute approximate surface area is 142 Å². The van der Waals surface area contributed by atoms with Crippen LogP contribution in [-0.4, -0.2) is 28.9 Å². The van der Waals surface area contributed by atoms with Crippen LogP contribution in [0.1, 0.15) is 52.9 Å². The molecule has 2 atom stereocenters. The van der Waals surface area contributed by atoms with Crippen molar-refractivity contribution in [3.8, 4) is 0 Å². The van der Waals surface area contributed by atoms with Crippen LogP contribution in [0.5, 0.6) is 0 Å². The number of hydrogen-bond acceptors (Lipinski definition) is 3. The van der Waals surface area contributed by atoms with Gasteiger partial charge in [-0.05, 0) is 44.3 Å². The minimum Gasteiger partial charge on any atom is -0.395 e. The molecular weight excluding hydrogens is 282 g/mol. The van der Waals surface area contributed by atoms with Crippen LogP contribution >= 0.6 is 0 Å². The van der Waals surface area contributed by atoms with E-state index in [0.717, 1.165) is 42.5 Å². The van der Waals surface area contributed by atoms with E-state index in [1.807, 2.05) is 0 Å². The second-order valence-corrected chi connectivity index (χ2v) is 6.85. The minimum absolute atomic E-state index is 0.438. The summed E-state index contributed by atoms with van der Waals surface area (Å²) in [4.78, 5) is 4.65. The van der Waals surface area contributed by atoms with Crippen LogP contribution in [0.2, 0.25) is 0 Å². The highest BCUT2D eigenvalue weighted by Crippen LogP contribution is 2.28. The second kappa shape index (κ2) is 8.28. The smallest absolute Gasteiger partial charge is 0.0786 e. The quantitative estimate of drug-likeness (QED) is 0.757. The van der Waals surface area contributed by atoms with E-state index in [1.165, 1.54) is 25.7 Å². The van der Waals surface area contributed by atoms with Crippen LogP contribution in [0.4, 0.5) is 0 Å². The van der Waals surface area contributed by atoms with Gasteiger partial charge in [0.15, 0.2) is 0 Å². The first-order valence-electron chi connectivity index (χ1n) is 9.15. The van der Waals surface area contributed by atoms with Crippen molar-refractivity contribution in [3.63, 3.8) is 0 Å². The zero-order valence-electron chi connectivity index (χ0n) is 15.1. The number of nitrogens with two attached hydrogens (primary N) is 1. The summed E-state index contributed by atoms with van der Waals surface area (Å²) in [5.74, 6) is 0.803. The Morgan fingerprint density at radius 3 is 2.87 bits per heavy atom. The summed E-state index contributed by atoms with van der Waals surface area (Å²) >= 11 is 0. The topological polar surface area (TPSA) is 32.5 Å². The SMILES string of the molecule is C=C(/C(N)=C1/C=CC=CN1C(C)CC)N1CCC(CCCC)C1. The number of unbranched alkanes of at least 4 members (excludes halogenated alkanes) is 1. The van der Waals surface area contributed by atoms with Gasteiger partial charge in [0.05, 0.1) is 17.1 Å². The molecule has 0 aromatic rings. The summed E-state index contributed by atoms with van der Waals surface area (Å²) in [6, 6.07) is 0.438. The van der Waals surface area contributed by atoms with E-state index in [9.17, 15) is 0 Å². The van der Waals surface area contributed by atoms with Gasteiger partial charge >= 0.3 is 0 Å². The van der Waals surface area contributed by atoms with E-state index < -0.39 is 0 Å². The first-order valence-corrected chi connectivity index (χ1v) is 9.15. The molecule has 0 spiro atoms. The number of nitrogens with zero attached hydrogens (tertiary/aromatic N) is 2. The van der Waals surface area contributed by atoms with Gasteiger partial charge < -0.3 is 15.5 Å². The highest BCUT2D eigenvalue weighted by atomic mass is 15.2. The van der Waals surface area contributed by atoms with Gasteiger partial charge in [-0.3, -0.25) is 0 Å². The lowest BCUT2D eigenvalue weighted by Crippen LogP contribution is -2.32. The fourth-order valence-electron chi connectivity index (χ4n) is 3.39. The molecule has 2 heterocycles. The van der Waals surface area contributed by atoms with Gasteiger partial charge in [0.25, 0.3) is 0 Å². The highest BCUT2D eigenvalue weighted by molar-refractivity contribution is 5.39. The average Bonchev–Trinajstić information content (AvgIpc) is 3.06. The molecule has 2 aliphatic rings. The summed E-state index contributed by atoms with van der Waals surface area (Å²) in [6.07, 6.45) is 14.7. The van der Waals surface area contributed by atoms with Crippen LogP contribution in [0.3, 0.4) is 0 Å². The van der Waals surface area contributed by atoms with Crippen molar-refractivity contribution in [1.29, 1.82) is 0 Å². The van der Waals surface area contributed by atoms with Crippen molar-refractivity contribution in [2.45, 2.75) is 58.9 Å². The molecule has 128 valence electrons. The van der Waals surface area contributed by atoms with E-state index in [4.69, 9.17) is 5.73 Å². The van der Waals surface area contributed by atoms with E-state index in [2.05, 4.69) is 61.6 Å². The van der Waals surface area contributed by atoms with Crippen LogP contribution in [0.25, 0.3) is 0 Å². The Bertz CT molecular complexity index is 501. The lowest BCUT2D eigenvalue weighted by atomic mass is 10.0. The molecule has 2 rings (SSSR count). The second-order valence-electron chi connectivity index (χ2n) is 6.85. The van der Waals surface area contributed by atoms with E-state index >= 15 is 0 Å². The summed E-state index contributed by atoms with van der Waals surface area (Å²) < 4.78 is 0. The fraction of sp³-hybridized carbons (Fsp3) is 0.600. The molecule has 0 radical (unpaired) electrons. The van der Waals surface area contributed by atoms with Crippen molar-refractivity contribution in [3.05, 3.63) is 48.1 Å². The molecule has 0 aromatic carbocycles. The first kappa shape index (κ1) is 17.7. The number of likely N-dealkylation sites (tertiary alicyclic amines) is 1. The Hall–Kier alpha value is -1.64. The number of rotatable bonds is 7. The molecule has 3 heteroatoms. The van der Waals surface area contributed by atoms with Gasteiger partial charge in [-0.1, -0.05) is 39.3 Å². The zero-order valence-corrected chi connectivity index (χ0v) is 15.1. The Kier molecular flexibility index (Phi) is 6.37. The Balaban J connectivity index is 2.08. The summed E-state index contributed by atoms with van der Waals surface area (Å²) in [7, 11) is 0. The molecule has 1 fully saturated rings. The number of allylic oxidation sites excluding steroid dienone is 3. The lowest BCUT2D eigenvalue weighted by Gasteiger charge is -2.32. The summed E-state index contributed by atoms with van der Waals surface area (Å²) in [5.41, 5.74) is 9.41. The van der Waals surface area contributed by atoms with Crippen LogP contribution in [0.15, 0.2) is 48.1 Å². The first-order chi connectivity index (χ1) is 11.1. The largest absolute Gasteiger partial charge is 0.395 e. The van der Waals surface area contributed by atoms with Crippen molar-refractivity contribution in [2.24, 2.45) is 11.7 Å². The van der Waals surface area contributed by atoms with E-state index in [-0.39, 0.29) is 0 Å². The molecule has 3 nitrogen and oxygen atoms in total. The van der Waals surface area contributed by atoms with E-state index in [0.29, 0.717) is 6.04 Å². The predicted molar refractivity (Wildman–Crippen MR) is 99.4 cm³/mol. The molecule has 0 aliphatic carbocycles. The van der Waals surface area contributed by atoms with Gasteiger partial charge in [0.1, 0.15) is 0 Å². The number of hydrogen-bond donors (Lipinski definition) is 1. The summed E-state index contributed by atoms with van der Waals surface area (Å²) in [6.45, 7) is 13.2. The Morgan fingerprint density at radius 2 is 2.17 bits per heavy atom. The van der Waals surface area contributed by atoms with Crippen molar-refractivity contribution in [2.75, 3.05) is 13.1 Å². The van der Waals surface area contributed by atoms with Crippen molar-refractivity contribution in [1.82, 2.24) is 9.80 Å². The van der Waals surface area contributed by atoms with Crippen molar-refractivity contribution >= 4 is 0 Å². The molecule has 23 heavy (non-hydrogen) atoms. The standard InChI is InChI=1S/C20H33N3/c1-5-7-10-18-12-14-22(15-18)17(4)20(21)19-11-8-9-13-23(19)16(3)6-2/h8-9,11,13,16,18H,4-7,10,12,14-15,21H2,1-3H3/b20-19+.